The molecule has 3 aromatic rings. The van der Waals surface area contributed by atoms with Gasteiger partial charge in [0.1, 0.15) is 5.82 Å². The van der Waals surface area contributed by atoms with Gasteiger partial charge in [-0.15, -0.1) is 0 Å². The van der Waals surface area contributed by atoms with Crippen molar-refractivity contribution in [3.8, 4) is 17.2 Å². The van der Waals surface area contributed by atoms with Crippen molar-refractivity contribution in [2.75, 3.05) is 6.61 Å². The van der Waals surface area contributed by atoms with Crippen LogP contribution in [-0.4, -0.2) is 28.7 Å². The van der Waals surface area contributed by atoms with Crippen LogP contribution in [0.2, 0.25) is 0 Å². The lowest BCUT2D eigenvalue weighted by Crippen LogP contribution is -2.23. The summed E-state index contributed by atoms with van der Waals surface area (Å²) in [6, 6.07) is 8.93. The summed E-state index contributed by atoms with van der Waals surface area (Å²) in [6.45, 7) is -1.27. The SMILES string of the molecule is O=C(CCc1ncc(-c2ccccc2F)o1)NCc1ccc(OCC(F)(F)F)nc1. The van der Waals surface area contributed by atoms with Gasteiger partial charge in [0.15, 0.2) is 18.3 Å². The first-order valence-corrected chi connectivity index (χ1v) is 8.91. The van der Waals surface area contributed by atoms with Crippen LogP contribution in [0.1, 0.15) is 17.9 Å². The number of aromatic nitrogens is 2. The van der Waals surface area contributed by atoms with E-state index in [1.54, 1.807) is 18.2 Å². The molecule has 0 unspecified atom stereocenters. The number of oxazole rings is 1. The predicted molar refractivity (Wildman–Crippen MR) is 97.9 cm³/mol. The summed E-state index contributed by atoms with van der Waals surface area (Å²) in [5.74, 6) is -0.282. The Hall–Kier alpha value is -3.43. The molecule has 0 radical (unpaired) electrons. The zero-order chi connectivity index (χ0) is 21.6. The number of carbonyl (C=O) groups excluding carboxylic acids is 1. The Labute approximate surface area is 168 Å². The number of pyridine rings is 1. The first-order valence-electron chi connectivity index (χ1n) is 8.91. The lowest BCUT2D eigenvalue weighted by atomic mass is 10.2. The quantitative estimate of drug-likeness (QED) is 0.553. The highest BCUT2D eigenvalue weighted by Gasteiger charge is 2.28. The van der Waals surface area contributed by atoms with Crippen molar-refractivity contribution < 1.29 is 31.5 Å². The zero-order valence-electron chi connectivity index (χ0n) is 15.6. The number of halogens is 4. The first kappa shape index (κ1) is 21.3. The summed E-state index contributed by atoms with van der Waals surface area (Å²) >= 11 is 0. The molecular formula is C20H17F4N3O3. The van der Waals surface area contributed by atoms with E-state index in [2.05, 4.69) is 20.0 Å². The Morgan fingerprint density at radius 2 is 1.90 bits per heavy atom. The number of rotatable bonds is 8. The van der Waals surface area contributed by atoms with E-state index in [-0.39, 0.29) is 42.5 Å². The molecule has 2 heterocycles. The van der Waals surface area contributed by atoms with Gasteiger partial charge in [-0.05, 0) is 17.7 Å². The Morgan fingerprint density at radius 3 is 2.60 bits per heavy atom. The van der Waals surface area contributed by atoms with E-state index < -0.39 is 18.6 Å². The average molecular weight is 423 g/mol. The van der Waals surface area contributed by atoms with Crippen LogP contribution in [0, 0.1) is 5.82 Å². The molecule has 0 fully saturated rings. The molecule has 3 rings (SSSR count). The third-order valence-corrected chi connectivity index (χ3v) is 3.93. The fourth-order valence-corrected chi connectivity index (χ4v) is 2.48. The predicted octanol–water partition coefficient (Wildman–Crippen LogP) is 4.07. The van der Waals surface area contributed by atoms with E-state index in [4.69, 9.17) is 4.42 Å². The van der Waals surface area contributed by atoms with Crippen molar-refractivity contribution in [2.24, 2.45) is 0 Å². The van der Waals surface area contributed by atoms with Crippen LogP contribution in [0.5, 0.6) is 5.88 Å². The van der Waals surface area contributed by atoms with Crippen molar-refractivity contribution in [2.45, 2.75) is 25.6 Å². The van der Waals surface area contributed by atoms with Crippen LogP contribution in [0.3, 0.4) is 0 Å². The van der Waals surface area contributed by atoms with Gasteiger partial charge in [0, 0.05) is 31.6 Å². The number of carbonyl (C=O) groups is 1. The minimum atomic E-state index is -4.44. The van der Waals surface area contributed by atoms with E-state index in [0.29, 0.717) is 11.5 Å². The van der Waals surface area contributed by atoms with Gasteiger partial charge in [-0.1, -0.05) is 18.2 Å². The maximum absolute atomic E-state index is 13.8. The van der Waals surface area contributed by atoms with E-state index in [1.165, 1.54) is 30.6 Å². The van der Waals surface area contributed by atoms with Gasteiger partial charge >= 0.3 is 6.18 Å². The first-order chi connectivity index (χ1) is 14.3. The van der Waals surface area contributed by atoms with Crippen LogP contribution in [0.25, 0.3) is 11.3 Å². The Morgan fingerprint density at radius 1 is 1.10 bits per heavy atom. The molecule has 0 atom stereocenters. The Bertz CT molecular complexity index is 987. The van der Waals surface area contributed by atoms with Gasteiger partial charge in [-0.3, -0.25) is 4.79 Å². The largest absolute Gasteiger partial charge is 0.468 e. The summed E-state index contributed by atoms with van der Waals surface area (Å²) in [5, 5.41) is 2.66. The van der Waals surface area contributed by atoms with Crippen molar-refractivity contribution >= 4 is 5.91 Å². The summed E-state index contributed by atoms with van der Waals surface area (Å²) in [5.41, 5.74) is 0.886. The topological polar surface area (TPSA) is 77.2 Å². The van der Waals surface area contributed by atoms with Crippen LogP contribution in [-0.2, 0) is 17.8 Å². The number of benzene rings is 1. The fraction of sp³-hybridized carbons (Fsp3) is 0.250. The number of aryl methyl sites for hydroxylation is 1. The standard InChI is InChI=1S/C20H17F4N3O3/c21-15-4-2-1-3-14(15)16-11-27-19(30-16)8-6-17(28)25-9-13-5-7-18(26-10-13)29-12-20(22,23)24/h1-5,7,10-11H,6,8-9,12H2,(H,25,28). The third-order valence-electron chi connectivity index (χ3n) is 3.93. The van der Waals surface area contributed by atoms with E-state index in [0.717, 1.165) is 0 Å². The second kappa shape index (κ2) is 9.38. The maximum atomic E-state index is 13.8. The fourth-order valence-electron chi connectivity index (χ4n) is 2.48. The zero-order valence-corrected chi connectivity index (χ0v) is 15.6. The van der Waals surface area contributed by atoms with E-state index in [9.17, 15) is 22.4 Å². The molecule has 6 nitrogen and oxygen atoms in total. The number of hydrogen-bond acceptors (Lipinski definition) is 5. The summed E-state index contributed by atoms with van der Waals surface area (Å²) in [6.07, 6.45) is -1.39. The third kappa shape index (κ3) is 6.29. The van der Waals surface area contributed by atoms with Crippen molar-refractivity contribution in [1.82, 2.24) is 15.3 Å². The molecule has 0 aliphatic carbocycles. The molecule has 1 N–H and O–H groups in total. The number of nitrogens with zero attached hydrogens (tertiary/aromatic N) is 2. The molecule has 0 saturated carbocycles. The maximum Gasteiger partial charge on any atom is 0.422 e. The second-order valence-corrected chi connectivity index (χ2v) is 6.28. The number of amides is 1. The summed E-state index contributed by atoms with van der Waals surface area (Å²) < 4.78 is 60.1. The molecule has 30 heavy (non-hydrogen) atoms. The number of ether oxygens (including phenoxy) is 1. The molecule has 0 saturated heterocycles. The highest BCUT2D eigenvalue weighted by molar-refractivity contribution is 5.76. The van der Waals surface area contributed by atoms with E-state index >= 15 is 0 Å². The molecule has 0 spiro atoms. The highest BCUT2D eigenvalue weighted by Crippen LogP contribution is 2.23. The highest BCUT2D eigenvalue weighted by atomic mass is 19.4. The lowest BCUT2D eigenvalue weighted by molar-refractivity contribution is -0.154. The van der Waals surface area contributed by atoms with Crippen LogP contribution in [0.4, 0.5) is 17.6 Å². The summed E-state index contributed by atoms with van der Waals surface area (Å²) in [4.78, 5) is 19.8. The van der Waals surface area contributed by atoms with Gasteiger partial charge in [0.25, 0.3) is 0 Å². The average Bonchev–Trinajstić information content (AvgIpc) is 3.18. The van der Waals surface area contributed by atoms with E-state index in [1.807, 2.05) is 0 Å². The molecule has 2 aromatic heterocycles. The molecule has 1 aromatic carbocycles. The number of nitrogens with one attached hydrogen (secondary N) is 1. The molecule has 0 aliphatic rings. The van der Waals surface area contributed by atoms with Crippen LogP contribution >= 0.6 is 0 Å². The number of alkyl halides is 3. The molecule has 0 bridgehead atoms. The van der Waals surface area contributed by atoms with Crippen molar-refractivity contribution in [1.29, 1.82) is 0 Å². The normalized spacial score (nSPS) is 11.3. The van der Waals surface area contributed by atoms with Gasteiger partial charge < -0.3 is 14.5 Å². The minimum Gasteiger partial charge on any atom is -0.468 e. The lowest BCUT2D eigenvalue weighted by Gasteiger charge is -2.09. The summed E-state index contributed by atoms with van der Waals surface area (Å²) in [7, 11) is 0. The van der Waals surface area contributed by atoms with Gasteiger partial charge in [0.05, 0.1) is 11.8 Å². The molecule has 0 aliphatic heterocycles. The minimum absolute atomic E-state index is 0.0947. The van der Waals surface area contributed by atoms with Crippen LogP contribution < -0.4 is 10.1 Å². The van der Waals surface area contributed by atoms with Gasteiger partial charge in [-0.2, -0.15) is 13.2 Å². The molecular weight excluding hydrogens is 406 g/mol. The van der Waals surface area contributed by atoms with Crippen molar-refractivity contribution in [3.05, 3.63) is 66.1 Å². The Balaban J connectivity index is 1.44. The smallest absolute Gasteiger partial charge is 0.422 e. The molecule has 10 heteroatoms. The van der Waals surface area contributed by atoms with Gasteiger partial charge in [0.2, 0.25) is 11.8 Å². The Kier molecular flexibility index (Phi) is 6.65. The van der Waals surface area contributed by atoms with Crippen LogP contribution in [0.15, 0.2) is 53.2 Å². The number of hydrogen-bond donors (Lipinski definition) is 1. The monoisotopic (exact) mass is 423 g/mol. The molecule has 158 valence electrons. The van der Waals surface area contributed by atoms with Crippen molar-refractivity contribution in [3.63, 3.8) is 0 Å². The molecule has 1 amide bonds. The second-order valence-electron chi connectivity index (χ2n) is 6.28. The van der Waals surface area contributed by atoms with Gasteiger partial charge in [-0.25, -0.2) is 14.4 Å².